The van der Waals surface area contributed by atoms with Crippen molar-refractivity contribution in [2.45, 2.75) is 40.3 Å². The zero-order valence-electron chi connectivity index (χ0n) is 9.84. The molecular weight excluding hydrogens is 206 g/mol. The molecule has 0 aliphatic rings. The van der Waals surface area contributed by atoms with E-state index < -0.39 is 0 Å². The second-order valence-corrected chi connectivity index (χ2v) is 5.50. The number of thiazole rings is 1. The van der Waals surface area contributed by atoms with Gasteiger partial charge in [-0.2, -0.15) is 0 Å². The Bertz CT molecular complexity index is 294. The molecule has 0 saturated carbocycles. The predicted molar refractivity (Wildman–Crippen MR) is 65.8 cm³/mol. The van der Waals surface area contributed by atoms with Crippen molar-refractivity contribution >= 4 is 11.3 Å². The Kier molecular flexibility index (Phi) is 4.70. The van der Waals surface area contributed by atoms with Crippen molar-refractivity contribution in [2.75, 3.05) is 6.54 Å². The number of aromatic nitrogens is 1. The van der Waals surface area contributed by atoms with Crippen molar-refractivity contribution in [2.24, 2.45) is 11.1 Å². The van der Waals surface area contributed by atoms with Crippen LogP contribution in [-0.4, -0.2) is 11.5 Å². The van der Waals surface area contributed by atoms with E-state index in [1.807, 2.05) is 0 Å². The van der Waals surface area contributed by atoms with Crippen molar-refractivity contribution in [3.8, 4) is 0 Å². The van der Waals surface area contributed by atoms with E-state index in [-0.39, 0.29) is 0 Å². The molecule has 0 aliphatic carbocycles. The van der Waals surface area contributed by atoms with Gasteiger partial charge in [-0.15, -0.1) is 11.3 Å². The summed E-state index contributed by atoms with van der Waals surface area (Å²) in [5.41, 5.74) is 6.98. The van der Waals surface area contributed by atoms with Gasteiger partial charge >= 0.3 is 0 Å². The van der Waals surface area contributed by atoms with Crippen LogP contribution in [0.15, 0.2) is 5.38 Å². The monoisotopic (exact) mass is 227 g/mol. The average Bonchev–Trinajstić information content (AvgIpc) is 2.66. The van der Waals surface area contributed by atoms with Gasteiger partial charge in [0.05, 0.1) is 5.69 Å². The van der Waals surface area contributed by atoms with Gasteiger partial charge in [0.15, 0.2) is 0 Å². The van der Waals surface area contributed by atoms with Crippen LogP contribution >= 0.6 is 11.3 Å². The molecule has 1 aromatic heterocycles. The van der Waals surface area contributed by atoms with Gasteiger partial charge in [-0.25, -0.2) is 4.98 Å². The van der Waals surface area contributed by atoms with Crippen LogP contribution in [-0.2, 0) is 13.1 Å². The lowest BCUT2D eigenvalue weighted by Crippen LogP contribution is -2.28. The fourth-order valence-electron chi connectivity index (χ4n) is 1.18. The lowest BCUT2D eigenvalue weighted by atomic mass is 9.90. The minimum Gasteiger partial charge on any atom is -0.325 e. The van der Waals surface area contributed by atoms with E-state index in [0.717, 1.165) is 23.8 Å². The van der Waals surface area contributed by atoms with Gasteiger partial charge in [0, 0.05) is 25.0 Å². The molecule has 0 unspecified atom stereocenters. The van der Waals surface area contributed by atoms with Crippen LogP contribution in [0.4, 0.5) is 0 Å². The summed E-state index contributed by atoms with van der Waals surface area (Å²) in [7, 11) is 0. The second-order valence-electron chi connectivity index (χ2n) is 4.56. The Labute approximate surface area is 96.1 Å². The van der Waals surface area contributed by atoms with Crippen molar-refractivity contribution in [1.82, 2.24) is 10.3 Å². The molecular formula is C11H21N3S. The quantitative estimate of drug-likeness (QED) is 0.782. The summed E-state index contributed by atoms with van der Waals surface area (Å²) in [5.74, 6) is 0. The molecule has 0 spiro atoms. The summed E-state index contributed by atoms with van der Waals surface area (Å²) >= 11 is 1.64. The van der Waals surface area contributed by atoms with Crippen molar-refractivity contribution in [3.63, 3.8) is 0 Å². The number of nitrogens with one attached hydrogen (secondary N) is 1. The molecule has 0 amide bonds. The zero-order valence-corrected chi connectivity index (χ0v) is 10.7. The summed E-state index contributed by atoms with van der Waals surface area (Å²) in [6.07, 6.45) is 1.19. The van der Waals surface area contributed by atoms with Crippen molar-refractivity contribution in [1.29, 1.82) is 0 Å². The Morgan fingerprint density at radius 2 is 2.27 bits per heavy atom. The van der Waals surface area contributed by atoms with Crippen LogP contribution in [0.25, 0.3) is 0 Å². The molecule has 0 saturated heterocycles. The van der Waals surface area contributed by atoms with E-state index in [1.165, 1.54) is 6.42 Å². The first-order chi connectivity index (χ1) is 7.07. The first-order valence-corrected chi connectivity index (χ1v) is 6.29. The third-order valence-electron chi connectivity index (χ3n) is 2.64. The highest BCUT2D eigenvalue weighted by atomic mass is 32.1. The Balaban J connectivity index is 2.31. The number of nitrogens with two attached hydrogens (primary N) is 1. The second kappa shape index (κ2) is 5.58. The molecule has 0 bridgehead atoms. The molecule has 0 radical (unpaired) electrons. The summed E-state index contributed by atoms with van der Waals surface area (Å²) in [4.78, 5) is 4.41. The summed E-state index contributed by atoms with van der Waals surface area (Å²) in [6, 6.07) is 0. The smallest absolute Gasteiger partial charge is 0.106 e. The molecule has 1 aromatic rings. The normalized spacial score (nSPS) is 12.0. The number of hydrogen-bond acceptors (Lipinski definition) is 4. The third kappa shape index (κ3) is 4.28. The van der Waals surface area contributed by atoms with Crippen LogP contribution in [0.3, 0.4) is 0 Å². The molecule has 3 N–H and O–H groups in total. The molecule has 0 aliphatic heterocycles. The summed E-state index contributed by atoms with van der Waals surface area (Å²) < 4.78 is 0. The van der Waals surface area contributed by atoms with E-state index in [4.69, 9.17) is 5.73 Å². The van der Waals surface area contributed by atoms with Gasteiger partial charge in [0.2, 0.25) is 0 Å². The van der Waals surface area contributed by atoms with Crippen molar-refractivity contribution < 1.29 is 0 Å². The summed E-state index contributed by atoms with van der Waals surface area (Å²) in [5, 5.41) is 6.53. The first kappa shape index (κ1) is 12.6. The highest BCUT2D eigenvalue weighted by Gasteiger charge is 2.14. The van der Waals surface area contributed by atoms with E-state index in [9.17, 15) is 0 Å². The predicted octanol–water partition coefficient (Wildman–Crippen LogP) is 2.13. The first-order valence-electron chi connectivity index (χ1n) is 5.41. The van der Waals surface area contributed by atoms with Crippen LogP contribution in [0.5, 0.6) is 0 Å². The molecule has 4 heteroatoms. The maximum Gasteiger partial charge on any atom is 0.106 e. The van der Waals surface area contributed by atoms with Gasteiger partial charge in [-0.05, 0) is 11.8 Å². The molecule has 0 aromatic carbocycles. The van der Waals surface area contributed by atoms with Gasteiger partial charge in [0.1, 0.15) is 5.01 Å². The molecule has 1 rings (SSSR count). The topological polar surface area (TPSA) is 50.9 Å². The lowest BCUT2D eigenvalue weighted by molar-refractivity contribution is 0.327. The maximum absolute atomic E-state index is 5.51. The zero-order chi connectivity index (χ0) is 11.3. The van der Waals surface area contributed by atoms with Crippen LogP contribution in [0.1, 0.15) is 37.9 Å². The highest BCUT2D eigenvalue weighted by molar-refractivity contribution is 7.09. The minimum atomic E-state index is 0.368. The molecule has 15 heavy (non-hydrogen) atoms. The van der Waals surface area contributed by atoms with Gasteiger partial charge < -0.3 is 11.1 Å². The standard InChI is InChI=1S/C11H21N3S/c1-4-11(2,3)8-13-6-9-7-15-10(5-12)14-9/h7,13H,4-6,8,12H2,1-3H3. The van der Waals surface area contributed by atoms with E-state index in [2.05, 4.69) is 36.5 Å². The van der Waals surface area contributed by atoms with Crippen LogP contribution in [0.2, 0.25) is 0 Å². The highest BCUT2D eigenvalue weighted by Crippen LogP contribution is 2.18. The molecule has 3 nitrogen and oxygen atoms in total. The largest absolute Gasteiger partial charge is 0.325 e. The summed E-state index contributed by atoms with van der Waals surface area (Å²) in [6.45, 7) is 9.18. The lowest BCUT2D eigenvalue weighted by Gasteiger charge is -2.22. The van der Waals surface area contributed by atoms with Gasteiger partial charge in [-0.1, -0.05) is 20.8 Å². The Morgan fingerprint density at radius 1 is 1.53 bits per heavy atom. The molecule has 86 valence electrons. The Morgan fingerprint density at radius 3 is 2.80 bits per heavy atom. The van der Waals surface area contributed by atoms with E-state index in [0.29, 0.717) is 12.0 Å². The number of hydrogen-bond donors (Lipinski definition) is 2. The third-order valence-corrected chi connectivity index (χ3v) is 3.56. The van der Waals surface area contributed by atoms with E-state index in [1.54, 1.807) is 11.3 Å². The van der Waals surface area contributed by atoms with Crippen LogP contribution in [0, 0.1) is 5.41 Å². The molecule has 1 heterocycles. The average molecular weight is 227 g/mol. The SMILES string of the molecule is CCC(C)(C)CNCc1csc(CN)n1. The molecule has 0 atom stereocenters. The minimum absolute atomic E-state index is 0.368. The van der Waals surface area contributed by atoms with Gasteiger partial charge in [-0.3, -0.25) is 0 Å². The van der Waals surface area contributed by atoms with Gasteiger partial charge in [0.25, 0.3) is 0 Å². The Hall–Kier alpha value is -0.450. The van der Waals surface area contributed by atoms with Crippen molar-refractivity contribution in [3.05, 3.63) is 16.1 Å². The number of nitrogens with zero attached hydrogens (tertiary/aromatic N) is 1. The fraction of sp³-hybridized carbons (Fsp3) is 0.727. The maximum atomic E-state index is 5.51. The van der Waals surface area contributed by atoms with E-state index >= 15 is 0 Å². The number of rotatable bonds is 6. The van der Waals surface area contributed by atoms with Crippen LogP contribution < -0.4 is 11.1 Å². The fourth-order valence-corrected chi connectivity index (χ4v) is 1.85. The molecule has 0 fully saturated rings.